The van der Waals surface area contributed by atoms with E-state index in [-0.39, 0.29) is 30.1 Å². The molecule has 1 unspecified atom stereocenters. The van der Waals surface area contributed by atoms with Crippen molar-refractivity contribution in [1.29, 1.82) is 0 Å². The van der Waals surface area contributed by atoms with Gasteiger partial charge in [-0.05, 0) is 18.1 Å². The third-order valence-electron chi connectivity index (χ3n) is 5.17. The molecule has 6 heteroatoms. The summed E-state index contributed by atoms with van der Waals surface area (Å²) in [6, 6.07) is 7.88. The fourth-order valence-corrected chi connectivity index (χ4v) is 3.68. The van der Waals surface area contributed by atoms with E-state index in [4.69, 9.17) is 0 Å². The van der Waals surface area contributed by atoms with Crippen LogP contribution in [0.2, 0.25) is 0 Å². The number of amides is 3. The Hall–Kier alpha value is -2.37. The summed E-state index contributed by atoms with van der Waals surface area (Å²) in [7, 11) is 0. The Bertz CT molecular complexity index is 680. The molecule has 3 amide bonds. The van der Waals surface area contributed by atoms with Crippen LogP contribution in [-0.2, 0) is 20.8 Å². The second-order valence-electron chi connectivity index (χ2n) is 6.72. The van der Waals surface area contributed by atoms with E-state index in [1.165, 1.54) is 0 Å². The molecule has 2 saturated heterocycles. The smallest absolute Gasteiger partial charge is 0.228 e. The van der Waals surface area contributed by atoms with Crippen LogP contribution in [0.4, 0.5) is 5.69 Å². The molecule has 0 N–H and O–H groups in total. The highest BCUT2D eigenvalue weighted by atomic mass is 16.2. The number of anilines is 1. The van der Waals surface area contributed by atoms with Crippen LogP contribution in [0.3, 0.4) is 0 Å². The Labute approximate surface area is 148 Å². The summed E-state index contributed by atoms with van der Waals surface area (Å²) in [5.41, 5.74) is 2.05. The third-order valence-corrected chi connectivity index (χ3v) is 5.17. The fraction of sp³-hybridized carbons (Fsp3) is 0.526. The van der Waals surface area contributed by atoms with Gasteiger partial charge in [0.25, 0.3) is 0 Å². The number of nitrogens with zero attached hydrogens (tertiary/aromatic N) is 3. The number of benzene rings is 1. The molecular formula is C19H25N3O3. The number of carbonyl (C=O) groups is 3. The zero-order valence-electron chi connectivity index (χ0n) is 14.9. The van der Waals surface area contributed by atoms with Gasteiger partial charge in [-0.1, -0.05) is 25.1 Å². The van der Waals surface area contributed by atoms with Gasteiger partial charge in [-0.3, -0.25) is 14.4 Å². The molecule has 1 aromatic rings. The number of aryl methyl sites for hydroxylation is 1. The minimum absolute atomic E-state index is 0.0154. The first kappa shape index (κ1) is 17.5. The van der Waals surface area contributed by atoms with Gasteiger partial charge < -0.3 is 14.7 Å². The van der Waals surface area contributed by atoms with Gasteiger partial charge in [0.05, 0.1) is 5.92 Å². The van der Waals surface area contributed by atoms with Crippen molar-refractivity contribution in [2.45, 2.75) is 26.7 Å². The van der Waals surface area contributed by atoms with Crippen LogP contribution in [0.25, 0.3) is 0 Å². The van der Waals surface area contributed by atoms with Gasteiger partial charge in [0, 0.05) is 51.8 Å². The molecule has 0 aromatic heterocycles. The first-order valence-electron chi connectivity index (χ1n) is 8.93. The van der Waals surface area contributed by atoms with Crippen LogP contribution in [0.15, 0.2) is 24.3 Å². The van der Waals surface area contributed by atoms with Gasteiger partial charge in [-0.25, -0.2) is 0 Å². The predicted octanol–water partition coefficient (Wildman–Crippen LogP) is 1.29. The Morgan fingerprint density at radius 2 is 1.72 bits per heavy atom. The fourth-order valence-electron chi connectivity index (χ4n) is 3.68. The zero-order chi connectivity index (χ0) is 18.0. The first-order chi connectivity index (χ1) is 12.0. The molecule has 0 spiro atoms. The van der Waals surface area contributed by atoms with Gasteiger partial charge in [-0.15, -0.1) is 0 Å². The predicted molar refractivity (Wildman–Crippen MR) is 95.1 cm³/mol. The van der Waals surface area contributed by atoms with Crippen LogP contribution in [0.1, 0.15) is 25.8 Å². The Balaban J connectivity index is 1.66. The van der Waals surface area contributed by atoms with Gasteiger partial charge in [0.2, 0.25) is 17.7 Å². The monoisotopic (exact) mass is 343 g/mol. The molecule has 2 aliphatic rings. The second-order valence-corrected chi connectivity index (χ2v) is 6.72. The SMILES string of the molecule is CCc1ccccc1N1CC(C(=O)N2CCN(C(C)=O)CC2)CC1=O. The molecule has 25 heavy (non-hydrogen) atoms. The third kappa shape index (κ3) is 3.52. The maximum absolute atomic E-state index is 12.8. The van der Waals surface area contributed by atoms with Crippen molar-refractivity contribution in [1.82, 2.24) is 9.80 Å². The van der Waals surface area contributed by atoms with E-state index in [1.807, 2.05) is 24.3 Å². The largest absolute Gasteiger partial charge is 0.339 e. The topological polar surface area (TPSA) is 60.9 Å². The normalized spacial score (nSPS) is 21.0. The van der Waals surface area contributed by atoms with Crippen molar-refractivity contribution >= 4 is 23.4 Å². The van der Waals surface area contributed by atoms with Gasteiger partial charge >= 0.3 is 0 Å². The summed E-state index contributed by atoms with van der Waals surface area (Å²) in [5.74, 6) is -0.193. The Morgan fingerprint density at radius 1 is 1.08 bits per heavy atom. The van der Waals surface area contributed by atoms with Crippen LogP contribution < -0.4 is 4.90 Å². The number of rotatable bonds is 3. The van der Waals surface area contributed by atoms with Crippen molar-refractivity contribution in [2.75, 3.05) is 37.6 Å². The second kappa shape index (κ2) is 7.25. The highest BCUT2D eigenvalue weighted by molar-refractivity contribution is 6.00. The lowest BCUT2D eigenvalue weighted by atomic mass is 10.1. The molecule has 0 radical (unpaired) electrons. The van der Waals surface area contributed by atoms with Crippen LogP contribution >= 0.6 is 0 Å². The number of hydrogen-bond acceptors (Lipinski definition) is 3. The van der Waals surface area contributed by atoms with Crippen LogP contribution in [0, 0.1) is 5.92 Å². The van der Waals surface area contributed by atoms with Gasteiger partial charge in [0.15, 0.2) is 0 Å². The molecule has 0 saturated carbocycles. The van der Waals surface area contributed by atoms with E-state index in [1.54, 1.807) is 21.6 Å². The Morgan fingerprint density at radius 3 is 2.36 bits per heavy atom. The van der Waals surface area contributed by atoms with Crippen molar-refractivity contribution in [3.63, 3.8) is 0 Å². The first-order valence-corrected chi connectivity index (χ1v) is 8.93. The highest BCUT2D eigenvalue weighted by Crippen LogP contribution is 2.29. The van der Waals surface area contributed by atoms with E-state index in [0.717, 1.165) is 17.7 Å². The van der Waals surface area contributed by atoms with Crippen molar-refractivity contribution < 1.29 is 14.4 Å². The molecule has 2 aliphatic heterocycles. The summed E-state index contributed by atoms with van der Waals surface area (Å²) < 4.78 is 0. The summed E-state index contributed by atoms with van der Waals surface area (Å²) in [5, 5.41) is 0. The molecule has 6 nitrogen and oxygen atoms in total. The zero-order valence-corrected chi connectivity index (χ0v) is 14.9. The maximum Gasteiger partial charge on any atom is 0.228 e. The molecule has 0 bridgehead atoms. The molecule has 2 heterocycles. The Kier molecular flexibility index (Phi) is 5.06. The van der Waals surface area contributed by atoms with Gasteiger partial charge in [0.1, 0.15) is 0 Å². The number of hydrogen-bond donors (Lipinski definition) is 0. The van der Waals surface area contributed by atoms with Crippen molar-refractivity contribution in [3.05, 3.63) is 29.8 Å². The molecular weight excluding hydrogens is 318 g/mol. The average Bonchev–Trinajstić information content (AvgIpc) is 3.02. The molecule has 1 aromatic carbocycles. The summed E-state index contributed by atoms with van der Waals surface area (Å²) in [6.07, 6.45) is 1.12. The molecule has 0 aliphatic carbocycles. The molecule has 134 valence electrons. The lowest BCUT2D eigenvalue weighted by Crippen LogP contribution is -2.51. The maximum atomic E-state index is 12.8. The standard InChI is InChI=1S/C19H25N3O3/c1-3-15-6-4-5-7-17(15)22-13-16(12-18(22)24)19(25)21-10-8-20(9-11-21)14(2)23/h4-7,16H,3,8-13H2,1-2H3. The van der Waals surface area contributed by atoms with Crippen LogP contribution in [0.5, 0.6) is 0 Å². The van der Waals surface area contributed by atoms with Crippen molar-refractivity contribution in [2.24, 2.45) is 5.92 Å². The lowest BCUT2D eigenvalue weighted by Gasteiger charge is -2.35. The van der Waals surface area contributed by atoms with Gasteiger partial charge in [-0.2, -0.15) is 0 Å². The molecule has 1 atom stereocenters. The molecule has 2 fully saturated rings. The average molecular weight is 343 g/mol. The quantitative estimate of drug-likeness (QED) is 0.831. The molecule has 3 rings (SSSR count). The number of carbonyl (C=O) groups excluding carboxylic acids is 3. The number of piperazine rings is 1. The highest BCUT2D eigenvalue weighted by Gasteiger charge is 2.38. The van der Waals surface area contributed by atoms with E-state index >= 15 is 0 Å². The van der Waals surface area contributed by atoms with E-state index < -0.39 is 0 Å². The van der Waals surface area contributed by atoms with E-state index in [0.29, 0.717) is 32.7 Å². The van der Waals surface area contributed by atoms with Crippen LogP contribution in [-0.4, -0.2) is 60.2 Å². The lowest BCUT2D eigenvalue weighted by molar-refractivity contribution is -0.141. The number of para-hydroxylation sites is 1. The summed E-state index contributed by atoms with van der Waals surface area (Å²) >= 11 is 0. The minimum atomic E-state index is -0.290. The minimum Gasteiger partial charge on any atom is -0.339 e. The van der Waals surface area contributed by atoms with E-state index in [2.05, 4.69) is 6.92 Å². The summed E-state index contributed by atoms with van der Waals surface area (Å²) in [6.45, 7) is 6.31. The van der Waals surface area contributed by atoms with Crippen molar-refractivity contribution in [3.8, 4) is 0 Å². The van der Waals surface area contributed by atoms with E-state index in [9.17, 15) is 14.4 Å². The summed E-state index contributed by atoms with van der Waals surface area (Å²) in [4.78, 5) is 42.0.